The van der Waals surface area contributed by atoms with Crippen LogP contribution in [0.3, 0.4) is 0 Å². The average molecular weight is 289 g/mol. The maximum absolute atomic E-state index is 13.3. The minimum Gasteiger partial charge on any atom is -0.368 e. The molecule has 0 aromatic carbocycles. The van der Waals surface area contributed by atoms with Crippen molar-refractivity contribution in [1.29, 1.82) is 0 Å². The number of pyridine rings is 1. The van der Waals surface area contributed by atoms with E-state index in [-0.39, 0.29) is 11.9 Å². The van der Waals surface area contributed by atoms with Crippen LogP contribution in [0.2, 0.25) is 0 Å². The molecule has 0 amide bonds. The van der Waals surface area contributed by atoms with Crippen molar-refractivity contribution >= 4 is 15.8 Å². The second-order valence-electron chi connectivity index (χ2n) is 4.58. The zero-order valence-electron chi connectivity index (χ0n) is 11.4. The first kappa shape index (κ1) is 15.8. The fourth-order valence-electron chi connectivity index (χ4n) is 1.76. The van der Waals surface area contributed by atoms with E-state index in [1.807, 2.05) is 13.8 Å². The quantitative estimate of drug-likeness (QED) is 0.776. The van der Waals surface area contributed by atoms with Gasteiger partial charge < -0.3 is 5.32 Å². The van der Waals surface area contributed by atoms with Crippen molar-refractivity contribution in [3.05, 3.63) is 24.1 Å². The van der Waals surface area contributed by atoms with Gasteiger partial charge in [0.25, 0.3) is 0 Å². The van der Waals surface area contributed by atoms with Gasteiger partial charge in [-0.1, -0.05) is 0 Å². The molecule has 1 rings (SSSR count). The fraction of sp³-hybridized carbons (Fsp3) is 0.583. The largest absolute Gasteiger partial charge is 0.368 e. The predicted molar refractivity (Wildman–Crippen MR) is 74.0 cm³/mol. The average Bonchev–Trinajstić information content (AvgIpc) is 2.28. The monoisotopic (exact) mass is 289 g/mol. The summed E-state index contributed by atoms with van der Waals surface area (Å²) in [5.74, 6) is -0.218. The molecular weight excluding hydrogens is 269 g/mol. The third-order valence-electron chi connectivity index (χ3n) is 2.61. The smallest absolute Gasteiger partial charge is 0.211 e. The molecule has 0 spiro atoms. The van der Waals surface area contributed by atoms with E-state index in [2.05, 4.69) is 10.3 Å². The van der Waals surface area contributed by atoms with Crippen LogP contribution in [-0.4, -0.2) is 43.1 Å². The van der Waals surface area contributed by atoms with Gasteiger partial charge in [-0.3, -0.25) is 0 Å². The van der Waals surface area contributed by atoms with E-state index in [1.165, 1.54) is 28.9 Å². The molecule has 0 bridgehead atoms. The Morgan fingerprint density at radius 2 is 2.16 bits per heavy atom. The molecule has 0 aliphatic carbocycles. The molecule has 1 aromatic heterocycles. The topological polar surface area (TPSA) is 62.3 Å². The lowest BCUT2D eigenvalue weighted by atomic mass is 10.3. The maximum atomic E-state index is 13.3. The number of hydrogen-bond donors (Lipinski definition) is 1. The Labute approximate surface area is 113 Å². The molecule has 0 radical (unpaired) electrons. The Morgan fingerprint density at radius 3 is 2.68 bits per heavy atom. The highest BCUT2D eigenvalue weighted by molar-refractivity contribution is 7.88. The summed E-state index contributed by atoms with van der Waals surface area (Å²) in [5, 5.41) is 2.85. The SMILES string of the molecule is CC(C)N(CCCNc1ncccc1F)S(C)(=O)=O. The summed E-state index contributed by atoms with van der Waals surface area (Å²) in [4.78, 5) is 3.86. The summed E-state index contributed by atoms with van der Waals surface area (Å²) in [7, 11) is -3.20. The Balaban J connectivity index is 2.44. The predicted octanol–water partition coefficient (Wildman–Crippen LogP) is 1.69. The van der Waals surface area contributed by atoms with E-state index >= 15 is 0 Å². The van der Waals surface area contributed by atoms with Crippen molar-refractivity contribution < 1.29 is 12.8 Å². The molecule has 1 N–H and O–H groups in total. The van der Waals surface area contributed by atoms with Gasteiger partial charge in [0.2, 0.25) is 10.0 Å². The van der Waals surface area contributed by atoms with Crippen molar-refractivity contribution in [1.82, 2.24) is 9.29 Å². The molecular formula is C12H20FN3O2S. The van der Waals surface area contributed by atoms with Crippen LogP contribution in [0.5, 0.6) is 0 Å². The lowest BCUT2D eigenvalue weighted by molar-refractivity contribution is 0.355. The zero-order chi connectivity index (χ0) is 14.5. The highest BCUT2D eigenvalue weighted by Gasteiger charge is 2.19. The third kappa shape index (κ3) is 5.12. The molecule has 1 heterocycles. The molecule has 19 heavy (non-hydrogen) atoms. The molecule has 0 fully saturated rings. The van der Waals surface area contributed by atoms with Crippen LogP contribution in [0.25, 0.3) is 0 Å². The van der Waals surface area contributed by atoms with Crippen molar-refractivity contribution in [2.75, 3.05) is 24.7 Å². The Kier molecular flexibility index (Phi) is 5.68. The van der Waals surface area contributed by atoms with Crippen LogP contribution >= 0.6 is 0 Å². The first-order valence-corrected chi connectivity index (χ1v) is 7.98. The van der Waals surface area contributed by atoms with Crippen LogP contribution in [0.1, 0.15) is 20.3 Å². The number of nitrogens with one attached hydrogen (secondary N) is 1. The highest BCUT2D eigenvalue weighted by atomic mass is 32.2. The number of nitrogens with zero attached hydrogens (tertiary/aromatic N) is 2. The summed E-state index contributed by atoms with van der Waals surface area (Å²) in [6.07, 6.45) is 3.28. The second kappa shape index (κ2) is 6.81. The van der Waals surface area contributed by atoms with Crippen LogP contribution in [0.4, 0.5) is 10.2 Å². The second-order valence-corrected chi connectivity index (χ2v) is 6.52. The number of rotatable bonds is 7. The van der Waals surface area contributed by atoms with Gasteiger partial charge in [-0.05, 0) is 32.4 Å². The van der Waals surface area contributed by atoms with Crippen LogP contribution < -0.4 is 5.32 Å². The number of hydrogen-bond acceptors (Lipinski definition) is 4. The molecule has 0 saturated carbocycles. The molecule has 0 aliphatic heterocycles. The summed E-state index contributed by atoms with van der Waals surface area (Å²) >= 11 is 0. The van der Waals surface area contributed by atoms with E-state index < -0.39 is 15.8 Å². The third-order valence-corrected chi connectivity index (χ3v) is 4.06. The fourth-order valence-corrected chi connectivity index (χ4v) is 2.99. The van der Waals surface area contributed by atoms with Gasteiger partial charge in [-0.2, -0.15) is 4.31 Å². The Bertz CT molecular complexity index is 505. The molecule has 0 aliphatic rings. The molecule has 0 saturated heterocycles. The number of sulfonamides is 1. The normalized spacial score (nSPS) is 12.1. The van der Waals surface area contributed by atoms with Crippen LogP contribution in [0.15, 0.2) is 18.3 Å². The zero-order valence-corrected chi connectivity index (χ0v) is 12.2. The van der Waals surface area contributed by atoms with Crippen molar-refractivity contribution in [3.8, 4) is 0 Å². The summed E-state index contributed by atoms with van der Waals surface area (Å²) in [5.41, 5.74) is 0. The van der Waals surface area contributed by atoms with Crippen LogP contribution in [-0.2, 0) is 10.0 Å². The first-order chi connectivity index (χ1) is 8.82. The Morgan fingerprint density at radius 1 is 1.47 bits per heavy atom. The lowest BCUT2D eigenvalue weighted by Gasteiger charge is -2.23. The summed E-state index contributed by atoms with van der Waals surface area (Å²) in [6.45, 7) is 4.52. The number of anilines is 1. The molecule has 7 heteroatoms. The van der Waals surface area contributed by atoms with Crippen molar-refractivity contribution in [2.45, 2.75) is 26.3 Å². The van der Waals surface area contributed by atoms with Gasteiger partial charge in [0, 0.05) is 25.3 Å². The minimum atomic E-state index is -3.20. The van der Waals surface area contributed by atoms with E-state index in [9.17, 15) is 12.8 Å². The van der Waals surface area contributed by atoms with Crippen molar-refractivity contribution in [3.63, 3.8) is 0 Å². The minimum absolute atomic E-state index is 0.0819. The van der Waals surface area contributed by atoms with Gasteiger partial charge in [-0.15, -0.1) is 0 Å². The summed E-state index contributed by atoms with van der Waals surface area (Å²) < 4.78 is 37.7. The van der Waals surface area contributed by atoms with E-state index in [0.29, 0.717) is 19.5 Å². The van der Waals surface area contributed by atoms with E-state index in [4.69, 9.17) is 0 Å². The van der Waals surface area contributed by atoms with Gasteiger partial charge in [-0.25, -0.2) is 17.8 Å². The molecule has 0 unspecified atom stereocenters. The van der Waals surface area contributed by atoms with Crippen molar-refractivity contribution in [2.24, 2.45) is 0 Å². The first-order valence-electron chi connectivity index (χ1n) is 6.13. The van der Waals surface area contributed by atoms with Crippen LogP contribution in [0, 0.1) is 5.82 Å². The molecule has 5 nitrogen and oxygen atoms in total. The highest BCUT2D eigenvalue weighted by Crippen LogP contribution is 2.09. The molecule has 0 atom stereocenters. The standard InChI is InChI=1S/C12H20FN3O2S/c1-10(2)16(19(3,17)18)9-5-8-15-12-11(13)6-4-7-14-12/h4,6-7,10H,5,8-9H2,1-3H3,(H,14,15). The maximum Gasteiger partial charge on any atom is 0.211 e. The van der Waals surface area contributed by atoms with Gasteiger partial charge in [0.05, 0.1) is 6.26 Å². The molecule has 108 valence electrons. The summed E-state index contributed by atoms with van der Waals surface area (Å²) in [6, 6.07) is 2.76. The Hall–Kier alpha value is -1.21. The lowest BCUT2D eigenvalue weighted by Crippen LogP contribution is -2.37. The number of aromatic nitrogens is 1. The van der Waals surface area contributed by atoms with Gasteiger partial charge in [0.15, 0.2) is 11.6 Å². The number of halogens is 1. The van der Waals surface area contributed by atoms with E-state index in [1.54, 1.807) is 0 Å². The van der Waals surface area contributed by atoms with Gasteiger partial charge in [0.1, 0.15) is 0 Å². The van der Waals surface area contributed by atoms with E-state index in [0.717, 1.165) is 0 Å². The van der Waals surface area contributed by atoms with Gasteiger partial charge >= 0.3 is 0 Å². The molecule has 1 aromatic rings.